The molecule has 0 radical (unpaired) electrons. The predicted octanol–water partition coefficient (Wildman–Crippen LogP) is -0.110. The maximum Gasteiger partial charge on any atom is 0.0895 e. The van der Waals surface area contributed by atoms with Gasteiger partial charge in [-0.1, -0.05) is 6.92 Å². The highest BCUT2D eigenvalue weighted by Crippen LogP contribution is 1.95. The number of aliphatic hydroxyl groups is 2. The van der Waals surface area contributed by atoms with Crippen LogP contribution < -0.4 is 5.73 Å². The van der Waals surface area contributed by atoms with E-state index in [4.69, 9.17) is 20.3 Å². The van der Waals surface area contributed by atoms with Crippen molar-refractivity contribution in [3.05, 3.63) is 0 Å². The largest absolute Gasteiger partial charge is 0.391 e. The highest BCUT2D eigenvalue weighted by Gasteiger charge is 2.01. The van der Waals surface area contributed by atoms with E-state index in [2.05, 4.69) is 0 Å². The second kappa shape index (κ2) is 11.3. The average molecular weight is 235 g/mol. The molecule has 2 unspecified atom stereocenters. The molecule has 0 aliphatic carbocycles. The molecule has 5 nitrogen and oxygen atoms in total. The maximum atomic E-state index is 9.20. The van der Waals surface area contributed by atoms with Crippen molar-refractivity contribution in [2.45, 2.75) is 38.4 Å². The zero-order valence-electron chi connectivity index (χ0n) is 10.1. The number of nitrogens with two attached hydrogens (primary N) is 1. The third kappa shape index (κ3) is 10.3. The molecule has 0 saturated heterocycles. The van der Waals surface area contributed by atoms with Crippen LogP contribution in [0.3, 0.4) is 0 Å². The van der Waals surface area contributed by atoms with Crippen LogP contribution in [0.1, 0.15) is 26.2 Å². The normalized spacial score (nSPS) is 15.0. The van der Waals surface area contributed by atoms with E-state index in [0.717, 1.165) is 19.3 Å². The number of rotatable bonds is 11. The van der Waals surface area contributed by atoms with Crippen LogP contribution in [0.5, 0.6) is 0 Å². The van der Waals surface area contributed by atoms with E-state index in [9.17, 15) is 5.11 Å². The number of hydrogen-bond acceptors (Lipinski definition) is 5. The summed E-state index contributed by atoms with van der Waals surface area (Å²) >= 11 is 0. The molecule has 0 rings (SSSR count). The van der Waals surface area contributed by atoms with Crippen molar-refractivity contribution in [2.24, 2.45) is 5.73 Å². The van der Waals surface area contributed by atoms with Crippen molar-refractivity contribution in [2.75, 3.05) is 33.0 Å². The van der Waals surface area contributed by atoms with Crippen molar-refractivity contribution < 1.29 is 19.7 Å². The lowest BCUT2D eigenvalue weighted by atomic mass is 10.3. The zero-order valence-corrected chi connectivity index (χ0v) is 10.1. The van der Waals surface area contributed by atoms with Gasteiger partial charge in [0.1, 0.15) is 0 Å². The standard InChI is InChI=1S/C11H25NO4/c1-2-10(13)8-15-5-3-4-6-16-9-11(14)7-12/h10-11,13-14H,2-9,12H2,1H3. The second-order valence-electron chi connectivity index (χ2n) is 3.81. The Kier molecular flexibility index (Phi) is 11.1. The van der Waals surface area contributed by atoms with Crippen LogP contribution in [-0.4, -0.2) is 55.4 Å². The molecule has 0 aromatic heterocycles. The summed E-state index contributed by atoms with van der Waals surface area (Å²) in [5.74, 6) is 0. The molecule has 4 N–H and O–H groups in total. The zero-order chi connectivity index (χ0) is 12.2. The Labute approximate surface area is 97.5 Å². The molecule has 0 spiro atoms. The molecule has 16 heavy (non-hydrogen) atoms. The predicted molar refractivity (Wildman–Crippen MR) is 62.2 cm³/mol. The Morgan fingerprint density at radius 2 is 1.50 bits per heavy atom. The van der Waals surface area contributed by atoms with Gasteiger partial charge in [0.05, 0.1) is 25.4 Å². The van der Waals surface area contributed by atoms with E-state index in [1.807, 2.05) is 6.92 Å². The number of aliphatic hydroxyl groups excluding tert-OH is 2. The van der Waals surface area contributed by atoms with Gasteiger partial charge in [-0.2, -0.15) is 0 Å². The molecule has 2 atom stereocenters. The highest BCUT2D eigenvalue weighted by atomic mass is 16.5. The van der Waals surface area contributed by atoms with E-state index < -0.39 is 6.10 Å². The first-order valence-corrected chi connectivity index (χ1v) is 5.92. The Morgan fingerprint density at radius 1 is 1.00 bits per heavy atom. The Bertz CT molecular complexity index is 130. The van der Waals surface area contributed by atoms with Gasteiger partial charge in [-0.3, -0.25) is 0 Å². The summed E-state index contributed by atoms with van der Waals surface area (Å²) < 4.78 is 10.5. The van der Waals surface area contributed by atoms with Crippen molar-refractivity contribution in [1.82, 2.24) is 0 Å². The quantitative estimate of drug-likeness (QED) is 0.435. The van der Waals surface area contributed by atoms with Crippen molar-refractivity contribution >= 4 is 0 Å². The van der Waals surface area contributed by atoms with E-state index >= 15 is 0 Å². The summed E-state index contributed by atoms with van der Waals surface area (Å²) in [6.07, 6.45) is 1.60. The topological polar surface area (TPSA) is 84.9 Å². The summed E-state index contributed by atoms with van der Waals surface area (Å²) in [5, 5.41) is 18.3. The molecule has 0 aromatic rings. The highest BCUT2D eigenvalue weighted by molar-refractivity contribution is 4.52. The van der Waals surface area contributed by atoms with Gasteiger partial charge >= 0.3 is 0 Å². The van der Waals surface area contributed by atoms with Crippen LogP contribution in [0.25, 0.3) is 0 Å². The SMILES string of the molecule is CCC(O)COCCCCOCC(O)CN. The Hall–Kier alpha value is -0.200. The first kappa shape index (κ1) is 15.8. The van der Waals surface area contributed by atoms with E-state index in [-0.39, 0.29) is 12.6 Å². The number of hydrogen-bond donors (Lipinski definition) is 3. The first-order valence-electron chi connectivity index (χ1n) is 5.92. The summed E-state index contributed by atoms with van der Waals surface area (Å²) in [5.41, 5.74) is 5.22. The minimum absolute atomic E-state index is 0.234. The number of unbranched alkanes of at least 4 members (excludes halogenated alkanes) is 1. The fourth-order valence-corrected chi connectivity index (χ4v) is 1.03. The maximum absolute atomic E-state index is 9.20. The van der Waals surface area contributed by atoms with Gasteiger partial charge in [-0.15, -0.1) is 0 Å². The van der Waals surface area contributed by atoms with Crippen LogP contribution in [-0.2, 0) is 9.47 Å². The summed E-state index contributed by atoms with van der Waals surface area (Å²) in [6.45, 7) is 4.11. The molecular formula is C11H25NO4. The fourth-order valence-electron chi connectivity index (χ4n) is 1.03. The van der Waals surface area contributed by atoms with Gasteiger partial charge in [0, 0.05) is 19.8 Å². The lowest BCUT2D eigenvalue weighted by Crippen LogP contribution is -2.25. The third-order valence-corrected chi connectivity index (χ3v) is 2.19. The molecule has 0 amide bonds. The van der Waals surface area contributed by atoms with E-state index in [1.165, 1.54) is 0 Å². The molecule has 98 valence electrons. The molecular weight excluding hydrogens is 210 g/mol. The minimum atomic E-state index is -0.559. The van der Waals surface area contributed by atoms with Crippen LogP contribution >= 0.6 is 0 Å². The molecule has 0 aromatic carbocycles. The smallest absolute Gasteiger partial charge is 0.0895 e. The molecule has 0 heterocycles. The lowest BCUT2D eigenvalue weighted by Gasteiger charge is -2.10. The van der Waals surface area contributed by atoms with Crippen LogP contribution in [0, 0.1) is 0 Å². The van der Waals surface area contributed by atoms with Gasteiger partial charge in [-0.25, -0.2) is 0 Å². The lowest BCUT2D eigenvalue weighted by molar-refractivity contribution is 0.0222. The van der Waals surface area contributed by atoms with Gasteiger partial charge < -0.3 is 25.4 Å². The van der Waals surface area contributed by atoms with Crippen LogP contribution in [0.15, 0.2) is 0 Å². The van der Waals surface area contributed by atoms with Gasteiger partial charge in [0.15, 0.2) is 0 Å². The summed E-state index contributed by atoms with van der Waals surface area (Å²) in [7, 11) is 0. The molecule has 0 bridgehead atoms. The molecule has 0 aliphatic rings. The van der Waals surface area contributed by atoms with E-state index in [1.54, 1.807) is 0 Å². The van der Waals surface area contributed by atoms with Crippen molar-refractivity contribution in [3.8, 4) is 0 Å². The third-order valence-electron chi connectivity index (χ3n) is 2.19. The van der Waals surface area contributed by atoms with Gasteiger partial charge in [0.2, 0.25) is 0 Å². The van der Waals surface area contributed by atoms with Crippen molar-refractivity contribution in [1.29, 1.82) is 0 Å². The average Bonchev–Trinajstić information content (AvgIpc) is 2.31. The molecule has 0 aliphatic heterocycles. The fraction of sp³-hybridized carbons (Fsp3) is 1.00. The molecule has 5 heteroatoms. The van der Waals surface area contributed by atoms with Crippen LogP contribution in [0.4, 0.5) is 0 Å². The summed E-state index contributed by atoms with van der Waals surface area (Å²) in [6, 6.07) is 0. The van der Waals surface area contributed by atoms with Crippen LogP contribution in [0.2, 0.25) is 0 Å². The van der Waals surface area contributed by atoms with Crippen molar-refractivity contribution in [3.63, 3.8) is 0 Å². The van der Waals surface area contributed by atoms with Gasteiger partial charge in [0.25, 0.3) is 0 Å². The number of ether oxygens (including phenoxy) is 2. The monoisotopic (exact) mass is 235 g/mol. The first-order chi connectivity index (χ1) is 7.70. The molecule has 0 saturated carbocycles. The van der Waals surface area contributed by atoms with Gasteiger partial charge in [-0.05, 0) is 19.3 Å². The second-order valence-corrected chi connectivity index (χ2v) is 3.81. The summed E-state index contributed by atoms with van der Waals surface area (Å²) in [4.78, 5) is 0. The Balaban J connectivity index is 3.04. The van der Waals surface area contributed by atoms with E-state index in [0.29, 0.717) is 26.4 Å². The Morgan fingerprint density at radius 3 is 1.94 bits per heavy atom. The minimum Gasteiger partial charge on any atom is -0.391 e. The molecule has 0 fully saturated rings.